The fraction of sp³-hybridized carbons (Fsp3) is 0.267. The van der Waals surface area contributed by atoms with Crippen LogP contribution in [-0.2, 0) is 6.42 Å². The van der Waals surface area contributed by atoms with E-state index in [1.165, 1.54) is 0 Å². The second-order valence-electron chi connectivity index (χ2n) is 4.86. The Hall–Kier alpha value is -1.61. The number of nitrogens with zero attached hydrogens (tertiary/aromatic N) is 3. The molecule has 0 aliphatic carbocycles. The number of aliphatic imine (C=N–C) groups is 1. The first-order valence-electron chi connectivity index (χ1n) is 6.81. The maximum atomic E-state index is 5.94. The lowest BCUT2D eigenvalue weighted by Gasteiger charge is -2.03. The number of hydrogen-bond acceptors (Lipinski definition) is 4. The normalized spacial score (nSPS) is 11.0. The minimum atomic E-state index is 0. The molecule has 0 unspecified atom stereocenters. The van der Waals surface area contributed by atoms with Crippen molar-refractivity contribution in [3.63, 3.8) is 0 Å². The summed E-state index contributed by atoms with van der Waals surface area (Å²) in [6.07, 6.45) is 0.552. The number of aromatic nitrogens is 2. The van der Waals surface area contributed by atoms with Gasteiger partial charge in [-0.05, 0) is 19.1 Å². The van der Waals surface area contributed by atoms with Crippen LogP contribution in [0.1, 0.15) is 12.8 Å². The molecule has 0 amide bonds. The number of benzene rings is 1. The van der Waals surface area contributed by atoms with Crippen LogP contribution in [0, 0.1) is 0 Å². The quantitative estimate of drug-likeness (QED) is 0.307. The van der Waals surface area contributed by atoms with E-state index in [-0.39, 0.29) is 24.0 Å². The van der Waals surface area contributed by atoms with Gasteiger partial charge in [0.25, 0.3) is 0 Å². The minimum Gasteiger partial charge on any atom is -0.370 e. The van der Waals surface area contributed by atoms with E-state index in [2.05, 4.69) is 27.0 Å². The van der Waals surface area contributed by atoms with Gasteiger partial charge in [0.2, 0.25) is 11.7 Å². The average Bonchev–Trinajstić information content (AvgIpc) is 2.94. The summed E-state index contributed by atoms with van der Waals surface area (Å²) in [5.74, 6) is 1.41. The van der Waals surface area contributed by atoms with Gasteiger partial charge in [0.15, 0.2) is 5.96 Å². The maximum Gasteiger partial charge on any atom is 0.228 e. The summed E-state index contributed by atoms with van der Waals surface area (Å²) < 4.78 is 5.20. The smallest absolute Gasteiger partial charge is 0.228 e. The van der Waals surface area contributed by atoms with Gasteiger partial charge in [-0.2, -0.15) is 4.98 Å². The topological polar surface area (TPSA) is 89.3 Å². The summed E-state index contributed by atoms with van der Waals surface area (Å²) in [5, 5.41) is 7.55. The summed E-state index contributed by atoms with van der Waals surface area (Å²) in [4.78, 5) is 8.44. The molecule has 8 heteroatoms. The Bertz CT molecular complexity index is 686. The second kappa shape index (κ2) is 9.51. The molecule has 0 saturated carbocycles. The lowest BCUT2D eigenvalue weighted by Crippen LogP contribution is -2.33. The second-order valence-corrected chi connectivity index (χ2v) is 5.29. The van der Waals surface area contributed by atoms with Crippen molar-refractivity contribution in [1.82, 2.24) is 15.5 Å². The molecule has 2 aromatic rings. The molecular formula is C15H19ClIN5O. The number of hydrogen-bond donors (Lipinski definition) is 2. The van der Waals surface area contributed by atoms with Crippen molar-refractivity contribution in [3.8, 4) is 11.4 Å². The Morgan fingerprint density at radius 2 is 2.26 bits per heavy atom. The Labute approximate surface area is 157 Å². The highest BCUT2D eigenvalue weighted by Gasteiger charge is 2.08. The van der Waals surface area contributed by atoms with Crippen LogP contribution in [0.25, 0.3) is 11.4 Å². The zero-order chi connectivity index (χ0) is 15.9. The average molecular weight is 448 g/mol. The molecule has 0 radical (unpaired) electrons. The molecule has 0 spiro atoms. The molecule has 1 aromatic heterocycles. The van der Waals surface area contributed by atoms with Crippen molar-refractivity contribution in [2.24, 2.45) is 10.7 Å². The van der Waals surface area contributed by atoms with E-state index in [0.717, 1.165) is 11.1 Å². The van der Waals surface area contributed by atoms with Crippen LogP contribution in [0.15, 0.2) is 45.9 Å². The zero-order valence-electron chi connectivity index (χ0n) is 12.8. The summed E-state index contributed by atoms with van der Waals surface area (Å²) >= 11 is 5.94. The van der Waals surface area contributed by atoms with E-state index in [9.17, 15) is 0 Å². The molecule has 0 fully saturated rings. The lowest BCUT2D eigenvalue weighted by atomic mass is 10.2. The van der Waals surface area contributed by atoms with E-state index >= 15 is 0 Å². The van der Waals surface area contributed by atoms with Crippen LogP contribution in [0.4, 0.5) is 0 Å². The van der Waals surface area contributed by atoms with Crippen LogP contribution in [0.3, 0.4) is 0 Å². The third-order valence-electron chi connectivity index (χ3n) is 2.72. The molecule has 0 aliphatic rings. The molecule has 0 atom stereocenters. The van der Waals surface area contributed by atoms with Crippen LogP contribution >= 0.6 is 35.6 Å². The number of nitrogens with two attached hydrogens (primary N) is 1. The first kappa shape index (κ1) is 19.4. The van der Waals surface area contributed by atoms with Crippen LogP contribution < -0.4 is 11.1 Å². The highest BCUT2D eigenvalue weighted by Crippen LogP contribution is 2.19. The van der Waals surface area contributed by atoms with Gasteiger partial charge < -0.3 is 15.6 Å². The first-order valence-corrected chi connectivity index (χ1v) is 7.19. The monoisotopic (exact) mass is 447 g/mol. The van der Waals surface area contributed by atoms with Crippen LogP contribution in [0.2, 0.25) is 5.02 Å². The van der Waals surface area contributed by atoms with Crippen molar-refractivity contribution in [1.29, 1.82) is 0 Å². The molecule has 3 N–H and O–H groups in total. The summed E-state index contributed by atoms with van der Waals surface area (Å²) in [5.41, 5.74) is 7.48. The lowest BCUT2D eigenvalue weighted by molar-refractivity contribution is 0.379. The standard InChI is InChI=1S/C15H18ClN5O.HI/c1-10(2)9-19-15(17)18-7-6-13-20-14(21-22-13)11-4-3-5-12(16)8-11;/h3-5,8H,1,6-7,9H2,2H3,(H3,17,18,19);1H. The predicted molar refractivity (Wildman–Crippen MR) is 103 cm³/mol. The van der Waals surface area contributed by atoms with Crippen LogP contribution in [0.5, 0.6) is 0 Å². The van der Waals surface area contributed by atoms with Crippen molar-refractivity contribution in [2.75, 3.05) is 13.1 Å². The van der Waals surface area contributed by atoms with Gasteiger partial charge in [-0.1, -0.05) is 41.0 Å². The highest BCUT2D eigenvalue weighted by atomic mass is 127. The molecule has 0 aliphatic heterocycles. The fourth-order valence-electron chi connectivity index (χ4n) is 1.67. The highest BCUT2D eigenvalue weighted by molar-refractivity contribution is 14.0. The van der Waals surface area contributed by atoms with Gasteiger partial charge in [-0.15, -0.1) is 24.0 Å². The molecule has 23 heavy (non-hydrogen) atoms. The van der Waals surface area contributed by atoms with Gasteiger partial charge in [-0.25, -0.2) is 4.99 Å². The van der Waals surface area contributed by atoms with Gasteiger partial charge in [0.05, 0.1) is 6.54 Å². The number of halogens is 2. The molecule has 124 valence electrons. The number of guanidine groups is 1. The Morgan fingerprint density at radius 3 is 2.96 bits per heavy atom. The maximum absolute atomic E-state index is 5.94. The Balaban J connectivity index is 0.00000264. The third kappa shape index (κ3) is 6.57. The van der Waals surface area contributed by atoms with E-state index < -0.39 is 0 Å². The van der Waals surface area contributed by atoms with Crippen molar-refractivity contribution < 1.29 is 4.52 Å². The molecular weight excluding hydrogens is 429 g/mol. The minimum absolute atomic E-state index is 0. The molecule has 1 aromatic carbocycles. The van der Waals surface area contributed by atoms with E-state index in [1.807, 2.05) is 19.1 Å². The molecule has 2 rings (SSSR count). The largest absolute Gasteiger partial charge is 0.370 e. The third-order valence-corrected chi connectivity index (χ3v) is 2.95. The number of nitrogens with one attached hydrogen (secondary N) is 1. The van der Waals surface area contributed by atoms with Crippen LogP contribution in [-0.4, -0.2) is 29.2 Å². The van der Waals surface area contributed by atoms with E-state index in [4.69, 9.17) is 21.9 Å². The fourth-order valence-corrected chi connectivity index (χ4v) is 1.87. The summed E-state index contributed by atoms with van der Waals surface area (Å²) in [7, 11) is 0. The van der Waals surface area contributed by atoms with E-state index in [0.29, 0.717) is 42.2 Å². The Morgan fingerprint density at radius 1 is 1.48 bits per heavy atom. The molecule has 0 saturated heterocycles. The summed E-state index contributed by atoms with van der Waals surface area (Å²) in [6.45, 7) is 6.73. The molecule has 6 nitrogen and oxygen atoms in total. The summed E-state index contributed by atoms with van der Waals surface area (Å²) in [6, 6.07) is 7.30. The molecule has 0 bridgehead atoms. The predicted octanol–water partition coefficient (Wildman–Crippen LogP) is 3.03. The Kier molecular flexibility index (Phi) is 8.04. The van der Waals surface area contributed by atoms with E-state index in [1.54, 1.807) is 12.1 Å². The van der Waals surface area contributed by atoms with Crippen molar-refractivity contribution >= 4 is 41.5 Å². The van der Waals surface area contributed by atoms with Gasteiger partial charge in [0.1, 0.15) is 0 Å². The first-order chi connectivity index (χ1) is 10.5. The van der Waals surface area contributed by atoms with Gasteiger partial charge >= 0.3 is 0 Å². The SMILES string of the molecule is C=C(C)CN=C(N)NCCc1nc(-c2cccc(Cl)c2)no1.I. The molecule has 1 heterocycles. The number of rotatable bonds is 6. The van der Waals surface area contributed by atoms with Gasteiger partial charge in [-0.3, -0.25) is 0 Å². The van der Waals surface area contributed by atoms with Crippen molar-refractivity contribution in [2.45, 2.75) is 13.3 Å². The zero-order valence-corrected chi connectivity index (χ0v) is 15.8. The van der Waals surface area contributed by atoms with Crippen molar-refractivity contribution in [3.05, 3.63) is 47.3 Å². The van der Waals surface area contributed by atoms with Gasteiger partial charge in [0, 0.05) is 23.6 Å².